The number of fused-ring (bicyclic) bond motifs is 1. The van der Waals surface area contributed by atoms with E-state index >= 15 is 0 Å². The van der Waals surface area contributed by atoms with Crippen molar-refractivity contribution in [1.82, 2.24) is 4.90 Å². The zero-order chi connectivity index (χ0) is 14.4. The van der Waals surface area contributed by atoms with Crippen molar-refractivity contribution in [2.75, 3.05) is 33.4 Å². The molecule has 0 aliphatic carbocycles. The molecule has 1 aliphatic heterocycles. The Bertz CT molecular complexity index is 399. The summed E-state index contributed by atoms with van der Waals surface area (Å²) in [5, 5.41) is 0. The summed E-state index contributed by atoms with van der Waals surface area (Å²) in [4.78, 5) is 2.56. The third-order valence-corrected chi connectivity index (χ3v) is 3.87. The summed E-state index contributed by atoms with van der Waals surface area (Å²) in [5.41, 5.74) is 1.24. The normalized spacial score (nSPS) is 17.7. The molecule has 1 atom stereocenters. The molecular weight excluding hydrogens is 250 g/mol. The van der Waals surface area contributed by atoms with Crippen LogP contribution in [-0.4, -0.2) is 38.3 Å². The molecule has 0 fully saturated rings. The van der Waals surface area contributed by atoms with Gasteiger partial charge in [-0.1, -0.05) is 19.9 Å². The predicted molar refractivity (Wildman–Crippen MR) is 82.7 cm³/mol. The van der Waals surface area contributed by atoms with Gasteiger partial charge in [0.25, 0.3) is 0 Å². The van der Waals surface area contributed by atoms with Gasteiger partial charge < -0.3 is 14.4 Å². The van der Waals surface area contributed by atoms with Gasteiger partial charge in [0, 0.05) is 18.0 Å². The first-order chi connectivity index (χ1) is 9.78. The Labute approximate surface area is 122 Å². The molecule has 0 spiro atoms. The van der Waals surface area contributed by atoms with E-state index in [2.05, 4.69) is 18.7 Å². The Morgan fingerprint density at radius 1 is 1.25 bits per heavy atom. The molecule has 112 valence electrons. The first-order valence-corrected chi connectivity index (χ1v) is 7.79. The van der Waals surface area contributed by atoms with Gasteiger partial charge in [0.15, 0.2) is 0 Å². The second kappa shape index (κ2) is 7.53. The minimum Gasteiger partial charge on any atom is -0.496 e. The Morgan fingerprint density at radius 2 is 2.00 bits per heavy atom. The lowest BCUT2D eigenvalue weighted by atomic mass is 9.95. The van der Waals surface area contributed by atoms with Crippen molar-refractivity contribution in [3.05, 3.63) is 23.8 Å². The van der Waals surface area contributed by atoms with Crippen LogP contribution in [0.25, 0.3) is 0 Å². The van der Waals surface area contributed by atoms with E-state index in [-0.39, 0.29) is 0 Å². The Morgan fingerprint density at radius 3 is 2.65 bits per heavy atom. The van der Waals surface area contributed by atoms with Crippen molar-refractivity contribution in [2.24, 2.45) is 5.92 Å². The number of hydrogen-bond acceptors (Lipinski definition) is 3. The van der Waals surface area contributed by atoms with E-state index in [9.17, 15) is 0 Å². The third-order valence-electron chi connectivity index (χ3n) is 3.87. The number of benzene rings is 1. The molecule has 0 saturated heterocycles. The Kier molecular flexibility index (Phi) is 5.72. The van der Waals surface area contributed by atoms with Crippen LogP contribution < -0.4 is 9.47 Å². The summed E-state index contributed by atoms with van der Waals surface area (Å²) in [6.07, 6.45) is 3.49. The molecule has 0 N–H and O–H groups in total. The highest BCUT2D eigenvalue weighted by molar-refractivity contribution is 5.46. The fraction of sp³-hybridized carbons (Fsp3) is 0.647. The number of methoxy groups -OCH3 is 1. The summed E-state index contributed by atoms with van der Waals surface area (Å²) < 4.78 is 11.4. The molecule has 1 heterocycles. The minimum atomic E-state index is 0.567. The smallest absolute Gasteiger partial charge is 0.126 e. The van der Waals surface area contributed by atoms with Gasteiger partial charge >= 0.3 is 0 Å². The van der Waals surface area contributed by atoms with Crippen molar-refractivity contribution in [2.45, 2.75) is 33.1 Å². The highest BCUT2D eigenvalue weighted by Gasteiger charge is 2.24. The van der Waals surface area contributed by atoms with Crippen LogP contribution in [0.1, 0.15) is 32.3 Å². The molecule has 2 rings (SSSR count). The molecule has 0 saturated carbocycles. The van der Waals surface area contributed by atoms with E-state index in [0.29, 0.717) is 5.92 Å². The van der Waals surface area contributed by atoms with Crippen LogP contribution in [0.15, 0.2) is 18.2 Å². The van der Waals surface area contributed by atoms with E-state index in [4.69, 9.17) is 9.47 Å². The molecular formula is C17H27NO2. The van der Waals surface area contributed by atoms with Crippen LogP contribution in [0.3, 0.4) is 0 Å². The van der Waals surface area contributed by atoms with Crippen LogP contribution in [0.5, 0.6) is 11.5 Å². The van der Waals surface area contributed by atoms with E-state index in [0.717, 1.165) is 31.1 Å². The van der Waals surface area contributed by atoms with Gasteiger partial charge in [0.2, 0.25) is 0 Å². The Balaban J connectivity index is 2.02. The molecule has 0 amide bonds. The van der Waals surface area contributed by atoms with Gasteiger partial charge in [-0.3, -0.25) is 0 Å². The third kappa shape index (κ3) is 3.66. The van der Waals surface area contributed by atoms with Gasteiger partial charge in [0.1, 0.15) is 11.5 Å². The fourth-order valence-electron chi connectivity index (χ4n) is 3.04. The van der Waals surface area contributed by atoms with Crippen LogP contribution in [0, 0.1) is 5.92 Å². The van der Waals surface area contributed by atoms with E-state index in [1.165, 1.54) is 31.5 Å². The van der Waals surface area contributed by atoms with Crippen molar-refractivity contribution < 1.29 is 9.47 Å². The lowest BCUT2D eigenvalue weighted by Crippen LogP contribution is -2.36. The lowest BCUT2D eigenvalue weighted by Gasteiger charge is -2.31. The van der Waals surface area contributed by atoms with Crippen LogP contribution in [0.4, 0.5) is 0 Å². The molecule has 0 radical (unpaired) electrons. The fourth-order valence-corrected chi connectivity index (χ4v) is 3.04. The SMILES string of the molecule is CCCN(CCC)CC1COc2cccc(OC)c2C1. The zero-order valence-corrected chi connectivity index (χ0v) is 13.0. The van der Waals surface area contributed by atoms with Crippen molar-refractivity contribution in [1.29, 1.82) is 0 Å². The molecule has 20 heavy (non-hydrogen) atoms. The second-order valence-electron chi connectivity index (χ2n) is 5.62. The monoisotopic (exact) mass is 277 g/mol. The summed E-state index contributed by atoms with van der Waals surface area (Å²) in [7, 11) is 1.74. The number of hydrogen-bond donors (Lipinski definition) is 0. The van der Waals surface area contributed by atoms with Crippen LogP contribution in [-0.2, 0) is 6.42 Å². The highest BCUT2D eigenvalue weighted by atomic mass is 16.5. The second-order valence-corrected chi connectivity index (χ2v) is 5.62. The summed E-state index contributed by atoms with van der Waals surface area (Å²) in [5.74, 6) is 2.53. The van der Waals surface area contributed by atoms with E-state index in [1.54, 1.807) is 7.11 Å². The van der Waals surface area contributed by atoms with Gasteiger partial charge in [-0.25, -0.2) is 0 Å². The molecule has 0 aromatic heterocycles. The summed E-state index contributed by atoms with van der Waals surface area (Å²) >= 11 is 0. The predicted octanol–water partition coefficient (Wildman–Crippen LogP) is 3.37. The average molecular weight is 277 g/mol. The van der Waals surface area contributed by atoms with Crippen LogP contribution in [0.2, 0.25) is 0 Å². The maximum absolute atomic E-state index is 5.93. The minimum absolute atomic E-state index is 0.567. The zero-order valence-electron chi connectivity index (χ0n) is 13.0. The van der Waals surface area contributed by atoms with E-state index < -0.39 is 0 Å². The van der Waals surface area contributed by atoms with E-state index in [1.807, 2.05) is 18.2 Å². The van der Waals surface area contributed by atoms with Crippen molar-refractivity contribution >= 4 is 0 Å². The Hall–Kier alpha value is -1.22. The molecule has 1 aromatic rings. The molecule has 1 aliphatic rings. The molecule has 3 nitrogen and oxygen atoms in total. The highest BCUT2D eigenvalue weighted by Crippen LogP contribution is 2.34. The maximum atomic E-state index is 5.93. The first-order valence-electron chi connectivity index (χ1n) is 7.79. The van der Waals surface area contributed by atoms with Crippen molar-refractivity contribution in [3.63, 3.8) is 0 Å². The lowest BCUT2D eigenvalue weighted by molar-refractivity contribution is 0.157. The topological polar surface area (TPSA) is 21.7 Å². The quantitative estimate of drug-likeness (QED) is 0.763. The summed E-state index contributed by atoms with van der Waals surface area (Å²) in [6.45, 7) is 8.81. The van der Waals surface area contributed by atoms with Crippen LogP contribution >= 0.6 is 0 Å². The van der Waals surface area contributed by atoms with Gasteiger partial charge in [0.05, 0.1) is 13.7 Å². The van der Waals surface area contributed by atoms with Gasteiger partial charge in [-0.05, 0) is 44.5 Å². The van der Waals surface area contributed by atoms with Gasteiger partial charge in [-0.2, -0.15) is 0 Å². The first kappa shape index (κ1) is 15.2. The maximum Gasteiger partial charge on any atom is 0.126 e. The summed E-state index contributed by atoms with van der Waals surface area (Å²) in [6, 6.07) is 6.07. The average Bonchev–Trinajstić information content (AvgIpc) is 2.47. The standard InChI is InChI=1S/C17H27NO2/c1-4-9-18(10-5-2)12-14-11-15-16(19-3)7-6-8-17(15)20-13-14/h6-8,14H,4-5,9-13H2,1-3H3. The van der Waals surface area contributed by atoms with Gasteiger partial charge in [-0.15, -0.1) is 0 Å². The largest absolute Gasteiger partial charge is 0.496 e. The molecule has 3 heteroatoms. The molecule has 1 aromatic carbocycles. The number of ether oxygens (including phenoxy) is 2. The number of nitrogens with zero attached hydrogens (tertiary/aromatic N) is 1. The van der Waals surface area contributed by atoms with Crippen molar-refractivity contribution in [3.8, 4) is 11.5 Å². The number of rotatable bonds is 7. The molecule has 0 bridgehead atoms. The molecule has 1 unspecified atom stereocenters.